The Balaban J connectivity index is 2.09. The summed E-state index contributed by atoms with van der Waals surface area (Å²) in [5, 5.41) is 16.7. The second kappa shape index (κ2) is 7.87. The number of ether oxygens (including phenoxy) is 1. The molecule has 1 aliphatic rings. The summed E-state index contributed by atoms with van der Waals surface area (Å²) in [6.45, 7) is 3.76. The molecule has 8 heteroatoms. The van der Waals surface area contributed by atoms with Crippen molar-refractivity contribution in [3.63, 3.8) is 0 Å². The molecule has 2 N–H and O–H groups in total. The number of rotatable bonds is 5. The maximum Gasteiger partial charge on any atom is 0.369 e. The van der Waals surface area contributed by atoms with Gasteiger partial charge in [0.15, 0.2) is 0 Å². The molecule has 0 saturated heterocycles. The maximum atomic E-state index is 11.5. The third-order valence-electron chi connectivity index (χ3n) is 3.31. The highest BCUT2D eigenvalue weighted by atomic mass is 16.5. The van der Waals surface area contributed by atoms with Gasteiger partial charge in [-0.1, -0.05) is 19.1 Å². The van der Waals surface area contributed by atoms with E-state index in [1.807, 2.05) is 19.1 Å². The van der Waals surface area contributed by atoms with Gasteiger partial charge in [0.05, 0.1) is 18.0 Å². The zero-order valence-electron chi connectivity index (χ0n) is 13.4. The Morgan fingerprint density at radius 2 is 2.21 bits per heavy atom. The molecule has 8 nitrogen and oxygen atoms in total. The number of esters is 1. The van der Waals surface area contributed by atoms with Crippen molar-refractivity contribution in [2.75, 3.05) is 12.0 Å². The Labute approximate surface area is 139 Å². The summed E-state index contributed by atoms with van der Waals surface area (Å²) in [6.07, 6.45) is 0.397. The highest BCUT2D eigenvalue weighted by Gasteiger charge is 2.21. The van der Waals surface area contributed by atoms with E-state index in [0.29, 0.717) is 12.1 Å². The topological polar surface area (TPSA) is 116 Å². The third kappa shape index (κ3) is 4.16. The lowest BCUT2D eigenvalue weighted by Crippen LogP contribution is -2.31. The molecule has 1 aromatic carbocycles. The minimum Gasteiger partial charge on any atom is -0.461 e. The molecular weight excluding hydrogens is 310 g/mol. The van der Waals surface area contributed by atoms with Crippen LogP contribution in [-0.2, 0) is 14.3 Å². The molecule has 1 aliphatic heterocycles. The number of hydrazone groups is 2. The molecule has 1 heterocycles. The molecule has 24 heavy (non-hydrogen) atoms. The highest BCUT2D eigenvalue weighted by molar-refractivity contribution is 6.43. The highest BCUT2D eigenvalue weighted by Crippen LogP contribution is 2.18. The monoisotopic (exact) mass is 327 g/mol. The fraction of sp³-hybridized carbons (Fsp3) is 0.312. The summed E-state index contributed by atoms with van der Waals surface area (Å²) < 4.78 is 4.72. The molecule has 0 aromatic heterocycles. The molecule has 124 valence electrons. The van der Waals surface area contributed by atoms with Gasteiger partial charge >= 0.3 is 5.97 Å². The van der Waals surface area contributed by atoms with Crippen molar-refractivity contribution >= 4 is 29.0 Å². The van der Waals surface area contributed by atoms with E-state index in [2.05, 4.69) is 21.1 Å². The Hall–Kier alpha value is -3.21. The van der Waals surface area contributed by atoms with Crippen molar-refractivity contribution in [2.24, 2.45) is 16.1 Å². The third-order valence-corrected chi connectivity index (χ3v) is 3.31. The molecule has 0 aliphatic carbocycles. The number of nitrogens with one attached hydrogen (secondary N) is 2. The summed E-state index contributed by atoms with van der Waals surface area (Å²) in [5.41, 5.74) is 7.04. The van der Waals surface area contributed by atoms with Gasteiger partial charge in [-0.3, -0.25) is 10.2 Å². The van der Waals surface area contributed by atoms with E-state index in [9.17, 15) is 9.59 Å². The van der Waals surface area contributed by atoms with Gasteiger partial charge in [0.2, 0.25) is 11.6 Å². The first-order chi connectivity index (χ1) is 11.5. The maximum absolute atomic E-state index is 11.5. The van der Waals surface area contributed by atoms with Crippen LogP contribution in [0.1, 0.15) is 25.8 Å². The van der Waals surface area contributed by atoms with Gasteiger partial charge < -0.3 is 4.74 Å². The number of carbonyl (C=O) groups excluding carboxylic acids is 2. The molecule has 0 radical (unpaired) electrons. The number of carbonyl (C=O) groups is 2. The zero-order chi connectivity index (χ0) is 17.5. The Bertz CT molecular complexity index is 731. The first-order valence-electron chi connectivity index (χ1n) is 7.43. The predicted octanol–water partition coefficient (Wildman–Crippen LogP) is 1.40. The Morgan fingerprint density at radius 3 is 2.79 bits per heavy atom. The van der Waals surface area contributed by atoms with Crippen LogP contribution in [0.3, 0.4) is 0 Å². The van der Waals surface area contributed by atoms with Crippen molar-refractivity contribution in [2.45, 2.75) is 20.3 Å². The van der Waals surface area contributed by atoms with Gasteiger partial charge in [-0.05, 0) is 24.6 Å². The molecule has 0 fully saturated rings. The lowest BCUT2D eigenvalue weighted by atomic mass is 9.94. The molecule has 1 amide bonds. The number of nitriles is 1. The van der Waals surface area contributed by atoms with Gasteiger partial charge in [0, 0.05) is 12.3 Å². The van der Waals surface area contributed by atoms with Crippen LogP contribution in [0.4, 0.5) is 5.69 Å². The standard InChI is InChI=1S/C16H17N5O3/c1-3-24-16(23)13(9-17)19-18-12-6-4-11(5-7-12)15-10(2)8-14(22)20-21-15/h4-7,10,18H,3,8H2,1-2H3,(H,20,22)/b19-13-/t10-/m1/s1. The number of hydrogen-bond acceptors (Lipinski definition) is 7. The molecule has 0 unspecified atom stereocenters. The lowest BCUT2D eigenvalue weighted by molar-refractivity contribution is -0.134. The van der Waals surface area contributed by atoms with Crippen LogP contribution >= 0.6 is 0 Å². The minimum atomic E-state index is -0.773. The molecule has 1 atom stereocenters. The lowest BCUT2D eigenvalue weighted by Gasteiger charge is -2.19. The van der Waals surface area contributed by atoms with Crippen LogP contribution in [0.25, 0.3) is 0 Å². The second-order valence-corrected chi connectivity index (χ2v) is 5.12. The van der Waals surface area contributed by atoms with E-state index < -0.39 is 5.97 Å². The molecule has 1 aromatic rings. The fourth-order valence-electron chi connectivity index (χ4n) is 2.15. The molecule has 0 saturated carbocycles. The predicted molar refractivity (Wildman–Crippen MR) is 88.2 cm³/mol. The molecular formula is C16H17N5O3. The van der Waals surface area contributed by atoms with E-state index in [-0.39, 0.29) is 24.1 Å². The summed E-state index contributed by atoms with van der Waals surface area (Å²) in [7, 11) is 0. The SMILES string of the molecule is CCOC(=O)/C(C#N)=N\Nc1ccc(C2=NNC(=O)C[C@H]2C)cc1. The Kier molecular flexibility index (Phi) is 5.63. The molecule has 0 spiro atoms. The number of amides is 1. The quantitative estimate of drug-likeness (QED) is 0.482. The summed E-state index contributed by atoms with van der Waals surface area (Å²) in [5.74, 6) is -0.836. The fourth-order valence-corrected chi connectivity index (χ4v) is 2.15. The van der Waals surface area contributed by atoms with Crippen molar-refractivity contribution in [3.8, 4) is 6.07 Å². The van der Waals surface area contributed by atoms with Crippen molar-refractivity contribution in [1.29, 1.82) is 5.26 Å². The van der Waals surface area contributed by atoms with Crippen LogP contribution in [-0.4, -0.2) is 29.9 Å². The van der Waals surface area contributed by atoms with Gasteiger partial charge in [-0.25, -0.2) is 10.2 Å². The van der Waals surface area contributed by atoms with Gasteiger partial charge in [-0.2, -0.15) is 15.5 Å². The molecule has 0 bridgehead atoms. The first kappa shape index (κ1) is 17.1. The minimum absolute atomic E-state index is 0.0320. The number of anilines is 1. The summed E-state index contributed by atoms with van der Waals surface area (Å²) >= 11 is 0. The van der Waals surface area contributed by atoms with Crippen LogP contribution in [0.15, 0.2) is 34.5 Å². The van der Waals surface area contributed by atoms with Crippen LogP contribution in [0.2, 0.25) is 0 Å². The molecule has 2 rings (SSSR count). The average Bonchev–Trinajstić information content (AvgIpc) is 2.56. The number of nitrogens with zero attached hydrogens (tertiary/aromatic N) is 3. The largest absolute Gasteiger partial charge is 0.461 e. The van der Waals surface area contributed by atoms with E-state index in [1.54, 1.807) is 25.1 Å². The van der Waals surface area contributed by atoms with E-state index in [0.717, 1.165) is 11.3 Å². The summed E-state index contributed by atoms with van der Waals surface area (Å²) in [4.78, 5) is 22.7. The van der Waals surface area contributed by atoms with Crippen LogP contribution in [0, 0.1) is 17.2 Å². The first-order valence-corrected chi connectivity index (χ1v) is 7.43. The van der Waals surface area contributed by atoms with E-state index in [4.69, 9.17) is 10.00 Å². The normalized spacial score (nSPS) is 17.4. The number of hydrogen-bond donors (Lipinski definition) is 2. The van der Waals surface area contributed by atoms with Gasteiger partial charge in [-0.15, -0.1) is 0 Å². The smallest absolute Gasteiger partial charge is 0.369 e. The summed E-state index contributed by atoms with van der Waals surface area (Å²) in [6, 6.07) is 8.81. The van der Waals surface area contributed by atoms with Gasteiger partial charge in [0.1, 0.15) is 6.07 Å². The second-order valence-electron chi connectivity index (χ2n) is 5.12. The van der Waals surface area contributed by atoms with Crippen molar-refractivity contribution in [1.82, 2.24) is 5.43 Å². The van der Waals surface area contributed by atoms with Crippen LogP contribution < -0.4 is 10.9 Å². The van der Waals surface area contributed by atoms with Crippen LogP contribution in [0.5, 0.6) is 0 Å². The van der Waals surface area contributed by atoms with E-state index in [1.165, 1.54) is 0 Å². The van der Waals surface area contributed by atoms with E-state index >= 15 is 0 Å². The van der Waals surface area contributed by atoms with Crippen molar-refractivity contribution < 1.29 is 14.3 Å². The average molecular weight is 327 g/mol. The number of benzene rings is 1. The Morgan fingerprint density at radius 1 is 1.50 bits per heavy atom. The zero-order valence-corrected chi connectivity index (χ0v) is 13.4. The van der Waals surface area contributed by atoms with Gasteiger partial charge in [0.25, 0.3) is 0 Å². The van der Waals surface area contributed by atoms with Crippen molar-refractivity contribution in [3.05, 3.63) is 29.8 Å².